The van der Waals surface area contributed by atoms with Gasteiger partial charge in [0.05, 0.1) is 22.6 Å². The molecule has 2 N–H and O–H groups in total. The Morgan fingerprint density at radius 3 is 2.43 bits per heavy atom. The minimum Gasteiger partial charge on any atom is -0.338 e. The number of halogens is 1. The summed E-state index contributed by atoms with van der Waals surface area (Å²) in [4.78, 5) is 14.7. The van der Waals surface area contributed by atoms with Crippen molar-refractivity contribution >= 4 is 5.91 Å². The molecule has 2 heterocycles. The third-order valence-corrected chi connectivity index (χ3v) is 4.40. The SMILES string of the molecule is Cc1nn(-c2ccc(F)cc2)c(C)c1C(=O)N1CCC(N)CC1. The first-order valence-electron chi connectivity index (χ1n) is 7.84. The van der Waals surface area contributed by atoms with Crippen LogP contribution in [0.3, 0.4) is 0 Å². The Kier molecular flexibility index (Phi) is 4.17. The van der Waals surface area contributed by atoms with Crippen LogP contribution in [0.25, 0.3) is 5.69 Å². The molecular weight excluding hydrogens is 295 g/mol. The van der Waals surface area contributed by atoms with Crippen molar-refractivity contribution in [3.8, 4) is 5.69 Å². The number of carbonyl (C=O) groups is 1. The van der Waals surface area contributed by atoms with Gasteiger partial charge in [0.25, 0.3) is 5.91 Å². The summed E-state index contributed by atoms with van der Waals surface area (Å²) >= 11 is 0. The molecule has 122 valence electrons. The zero-order valence-corrected chi connectivity index (χ0v) is 13.4. The van der Waals surface area contributed by atoms with Crippen LogP contribution in [0, 0.1) is 19.7 Å². The molecule has 1 aliphatic heterocycles. The van der Waals surface area contributed by atoms with E-state index in [1.165, 1.54) is 12.1 Å². The number of aryl methyl sites for hydroxylation is 1. The summed E-state index contributed by atoms with van der Waals surface area (Å²) in [6.45, 7) is 5.06. The van der Waals surface area contributed by atoms with Crippen LogP contribution in [0.5, 0.6) is 0 Å². The average molecular weight is 316 g/mol. The van der Waals surface area contributed by atoms with Crippen LogP contribution in [0.15, 0.2) is 24.3 Å². The lowest BCUT2D eigenvalue weighted by Crippen LogP contribution is -2.43. The van der Waals surface area contributed by atoms with Gasteiger partial charge >= 0.3 is 0 Å². The van der Waals surface area contributed by atoms with Crippen LogP contribution in [-0.2, 0) is 0 Å². The summed E-state index contributed by atoms with van der Waals surface area (Å²) in [5, 5.41) is 4.46. The highest BCUT2D eigenvalue weighted by molar-refractivity contribution is 5.96. The van der Waals surface area contributed by atoms with Crippen molar-refractivity contribution < 1.29 is 9.18 Å². The van der Waals surface area contributed by atoms with Crippen LogP contribution in [0.1, 0.15) is 34.6 Å². The molecule has 0 radical (unpaired) electrons. The number of nitrogens with two attached hydrogens (primary N) is 1. The van der Waals surface area contributed by atoms with Gasteiger partial charge in [-0.2, -0.15) is 5.10 Å². The third kappa shape index (κ3) is 2.99. The predicted octanol–water partition coefficient (Wildman–Crippen LogP) is 2.19. The lowest BCUT2D eigenvalue weighted by molar-refractivity contribution is 0.0713. The first-order valence-corrected chi connectivity index (χ1v) is 7.84. The molecule has 5 nitrogen and oxygen atoms in total. The van der Waals surface area contributed by atoms with Gasteiger partial charge in [-0.25, -0.2) is 9.07 Å². The maximum atomic E-state index is 13.1. The number of hydrogen-bond acceptors (Lipinski definition) is 3. The number of benzene rings is 1. The van der Waals surface area contributed by atoms with E-state index in [-0.39, 0.29) is 17.8 Å². The van der Waals surface area contributed by atoms with E-state index in [9.17, 15) is 9.18 Å². The number of hydrogen-bond donors (Lipinski definition) is 1. The molecule has 1 amide bonds. The summed E-state index contributed by atoms with van der Waals surface area (Å²) < 4.78 is 14.8. The van der Waals surface area contributed by atoms with E-state index in [0.717, 1.165) is 24.2 Å². The van der Waals surface area contributed by atoms with Crippen molar-refractivity contribution in [3.63, 3.8) is 0 Å². The van der Waals surface area contributed by atoms with Gasteiger partial charge in [0.1, 0.15) is 5.82 Å². The van der Waals surface area contributed by atoms with Crippen molar-refractivity contribution in [3.05, 3.63) is 47.0 Å². The van der Waals surface area contributed by atoms with E-state index in [1.54, 1.807) is 16.8 Å². The fraction of sp³-hybridized carbons (Fsp3) is 0.412. The van der Waals surface area contributed by atoms with Crippen LogP contribution in [-0.4, -0.2) is 39.7 Å². The normalized spacial score (nSPS) is 15.9. The molecule has 2 aromatic rings. The van der Waals surface area contributed by atoms with E-state index >= 15 is 0 Å². The lowest BCUT2D eigenvalue weighted by Gasteiger charge is -2.30. The number of aromatic nitrogens is 2. The molecule has 1 fully saturated rings. The van der Waals surface area contributed by atoms with Crippen molar-refractivity contribution in [1.82, 2.24) is 14.7 Å². The zero-order valence-electron chi connectivity index (χ0n) is 13.4. The number of amides is 1. The van der Waals surface area contributed by atoms with Gasteiger partial charge in [-0.1, -0.05) is 0 Å². The fourth-order valence-electron chi connectivity index (χ4n) is 3.05. The number of likely N-dealkylation sites (tertiary alicyclic amines) is 1. The van der Waals surface area contributed by atoms with Crippen LogP contribution < -0.4 is 5.73 Å². The van der Waals surface area contributed by atoms with Gasteiger partial charge in [-0.05, 0) is 51.0 Å². The largest absolute Gasteiger partial charge is 0.338 e. The Hall–Kier alpha value is -2.21. The Balaban J connectivity index is 1.91. The lowest BCUT2D eigenvalue weighted by atomic mass is 10.0. The number of carbonyl (C=O) groups excluding carboxylic acids is 1. The Bertz CT molecular complexity index is 715. The summed E-state index contributed by atoms with van der Waals surface area (Å²) in [6.07, 6.45) is 1.66. The molecule has 1 saturated heterocycles. The minimum atomic E-state index is -0.295. The second kappa shape index (κ2) is 6.12. The highest BCUT2D eigenvalue weighted by Crippen LogP contribution is 2.21. The molecule has 0 atom stereocenters. The first-order chi connectivity index (χ1) is 11.0. The molecule has 0 saturated carbocycles. The van der Waals surface area contributed by atoms with Gasteiger partial charge in [0.2, 0.25) is 0 Å². The number of rotatable bonds is 2. The van der Waals surface area contributed by atoms with Gasteiger partial charge < -0.3 is 10.6 Å². The Morgan fingerprint density at radius 2 is 1.83 bits per heavy atom. The third-order valence-electron chi connectivity index (χ3n) is 4.40. The van der Waals surface area contributed by atoms with E-state index in [4.69, 9.17) is 5.73 Å². The van der Waals surface area contributed by atoms with Crippen LogP contribution in [0.2, 0.25) is 0 Å². The van der Waals surface area contributed by atoms with Crippen LogP contribution >= 0.6 is 0 Å². The van der Waals surface area contributed by atoms with Crippen molar-refractivity contribution in [2.24, 2.45) is 5.73 Å². The maximum absolute atomic E-state index is 13.1. The molecule has 6 heteroatoms. The fourth-order valence-corrected chi connectivity index (χ4v) is 3.05. The van der Waals surface area contributed by atoms with Crippen molar-refractivity contribution in [2.75, 3.05) is 13.1 Å². The molecule has 0 spiro atoms. The molecule has 0 aliphatic carbocycles. The van der Waals surface area contributed by atoms with E-state index in [1.807, 2.05) is 18.7 Å². The summed E-state index contributed by atoms with van der Waals surface area (Å²) in [5.74, 6) is -0.295. The Morgan fingerprint density at radius 1 is 1.22 bits per heavy atom. The van der Waals surface area contributed by atoms with Crippen molar-refractivity contribution in [2.45, 2.75) is 32.7 Å². The number of nitrogens with zero attached hydrogens (tertiary/aromatic N) is 3. The van der Waals surface area contributed by atoms with Crippen LogP contribution in [0.4, 0.5) is 4.39 Å². The molecule has 1 aromatic carbocycles. The standard InChI is InChI=1S/C17H21FN4O/c1-11-16(17(23)21-9-7-14(19)8-10-21)12(2)22(20-11)15-5-3-13(18)4-6-15/h3-6,14H,7-10,19H2,1-2H3. The first kappa shape index (κ1) is 15.7. The van der Waals surface area contributed by atoms with Crippen molar-refractivity contribution in [1.29, 1.82) is 0 Å². The maximum Gasteiger partial charge on any atom is 0.257 e. The smallest absolute Gasteiger partial charge is 0.257 e. The Labute approximate surface area is 134 Å². The summed E-state index contributed by atoms with van der Waals surface area (Å²) in [5.41, 5.74) is 8.73. The van der Waals surface area contributed by atoms with E-state index in [2.05, 4.69) is 5.10 Å². The topological polar surface area (TPSA) is 64.2 Å². The molecule has 1 aromatic heterocycles. The molecule has 23 heavy (non-hydrogen) atoms. The van der Waals surface area contributed by atoms with Gasteiger partial charge in [-0.15, -0.1) is 0 Å². The van der Waals surface area contributed by atoms with Gasteiger partial charge in [0.15, 0.2) is 0 Å². The van der Waals surface area contributed by atoms with E-state index < -0.39 is 0 Å². The average Bonchev–Trinajstić information content (AvgIpc) is 2.83. The highest BCUT2D eigenvalue weighted by Gasteiger charge is 2.26. The van der Waals surface area contributed by atoms with E-state index in [0.29, 0.717) is 24.3 Å². The highest BCUT2D eigenvalue weighted by atomic mass is 19.1. The molecular formula is C17H21FN4O. The van der Waals surface area contributed by atoms with Gasteiger partial charge in [0, 0.05) is 19.1 Å². The summed E-state index contributed by atoms with van der Waals surface area (Å²) in [6, 6.07) is 6.27. The molecule has 0 bridgehead atoms. The predicted molar refractivity (Wildman–Crippen MR) is 86.1 cm³/mol. The van der Waals surface area contributed by atoms with Gasteiger partial charge in [-0.3, -0.25) is 4.79 Å². The zero-order chi connectivity index (χ0) is 16.6. The number of piperidine rings is 1. The minimum absolute atomic E-state index is 0.000242. The molecule has 3 rings (SSSR count). The second-order valence-corrected chi connectivity index (χ2v) is 6.06. The monoisotopic (exact) mass is 316 g/mol. The molecule has 1 aliphatic rings. The summed E-state index contributed by atoms with van der Waals surface area (Å²) in [7, 11) is 0. The molecule has 0 unspecified atom stereocenters. The quantitative estimate of drug-likeness (QED) is 0.924. The second-order valence-electron chi connectivity index (χ2n) is 6.06.